The van der Waals surface area contributed by atoms with Gasteiger partial charge < -0.3 is 25.8 Å². The molecule has 4 N–H and O–H groups in total. The minimum atomic E-state index is -0.0697. The number of nitrogens with one attached hydrogen (secondary N) is 2. The lowest BCUT2D eigenvalue weighted by molar-refractivity contribution is 0.222. The molecule has 7 nitrogen and oxygen atoms in total. The number of nitrogens with zero attached hydrogens (tertiary/aromatic N) is 3. The first-order valence-corrected chi connectivity index (χ1v) is 9.23. The summed E-state index contributed by atoms with van der Waals surface area (Å²) in [6.07, 6.45) is 7.61. The summed E-state index contributed by atoms with van der Waals surface area (Å²) in [5.74, 6) is 0. The Bertz CT molecular complexity index is 789. The van der Waals surface area contributed by atoms with Crippen LogP contribution in [0.25, 0.3) is 11.0 Å². The number of piperidine rings is 1. The first-order chi connectivity index (χ1) is 12.1. The Morgan fingerprint density at radius 3 is 2.81 bits per heavy atom. The maximum Gasteiger partial charge on any atom is 0.321 e. The molecule has 0 spiro atoms. The fourth-order valence-corrected chi connectivity index (χ4v) is 4.05. The predicted octanol–water partition coefficient (Wildman–Crippen LogP) is 3.19. The molecule has 2 fully saturated rings. The molecular weight excluding hydrogens is 375 g/mol. The zero-order valence-electron chi connectivity index (χ0n) is 14.5. The van der Waals surface area contributed by atoms with Gasteiger partial charge in [0.1, 0.15) is 5.65 Å². The van der Waals surface area contributed by atoms with Gasteiger partial charge in [-0.25, -0.2) is 9.78 Å². The summed E-state index contributed by atoms with van der Waals surface area (Å²) >= 11 is 6.49. The first kappa shape index (κ1) is 19.1. The van der Waals surface area contributed by atoms with Crippen LogP contribution in [0.5, 0.6) is 0 Å². The predicted molar refractivity (Wildman–Crippen MR) is 108 cm³/mol. The zero-order chi connectivity index (χ0) is 17.4. The van der Waals surface area contributed by atoms with Gasteiger partial charge in [0, 0.05) is 38.4 Å². The van der Waals surface area contributed by atoms with Crippen molar-refractivity contribution in [2.24, 2.45) is 5.73 Å². The molecule has 0 aromatic carbocycles. The van der Waals surface area contributed by atoms with Crippen LogP contribution in [0.1, 0.15) is 25.7 Å². The number of fused-ring (bicyclic) bond motifs is 1. The Morgan fingerprint density at radius 2 is 2.08 bits per heavy atom. The van der Waals surface area contributed by atoms with E-state index in [4.69, 9.17) is 17.3 Å². The number of pyridine rings is 1. The number of hydrogen-bond donors (Lipinski definition) is 3. The van der Waals surface area contributed by atoms with Crippen molar-refractivity contribution in [1.29, 1.82) is 0 Å². The molecule has 2 amide bonds. The summed E-state index contributed by atoms with van der Waals surface area (Å²) in [6.45, 7) is 3.27. The number of carbonyl (C=O) groups excluding carboxylic acids is 1. The second-order valence-corrected chi connectivity index (χ2v) is 7.26. The van der Waals surface area contributed by atoms with Gasteiger partial charge in [-0.15, -0.1) is 12.4 Å². The van der Waals surface area contributed by atoms with Gasteiger partial charge in [-0.2, -0.15) is 0 Å². The summed E-state index contributed by atoms with van der Waals surface area (Å²) in [5.41, 5.74) is 8.49. The molecule has 0 radical (unpaired) electrons. The van der Waals surface area contributed by atoms with Gasteiger partial charge in [-0.3, -0.25) is 0 Å². The summed E-state index contributed by atoms with van der Waals surface area (Å²) < 4.78 is 0. The minimum absolute atomic E-state index is 0. The van der Waals surface area contributed by atoms with E-state index in [2.05, 4.69) is 20.2 Å². The summed E-state index contributed by atoms with van der Waals surface area (Å²) in [6, 6.07) is 0.0642. The number of aromatic amines is 1. The zero-order valence-corrected chi connectivity index (χ0v) is 16.1. The third kappa shape index (κ3) is 3.56. The van der Waals surface area contributed by atoms with Crippen molar-refractivity contribution in [3.63, 3.8) is 0 Å². The molecule has 142 valence electrons. The lowest BCUT2D eigenvalue weighted by Crippen LogP contribution is -2.43. The highest BCUT2D eigenvalue weighted by Crippen LogP contribution is 2.38. The molecule has 2 aliphatic heterocycles. The van der Waals surface area contributed by atoms with E-state index in [0.29, 0.717) is 5.02 Å². The normalized spacial score (nSPS) is 20.3. The Morgan fingerprint density at radius 1 is 1.31 bits per heavy atom. The maximum absolute atomic E-state index is 12.5. The molecule has 4 rings (SSSR count). The smallest absolute Gasteiger partial charge is 0.321 e. The molecule has 2 aliphatic rings. The van der Waals surface area contributed by atoms with E-state index < -0.39 is 0 Å². The van der Waals surface area contributed by atoms with Crippen LogP contribution in [-0.4, -0.2) is 53.1 Å². The molecule has 9 heteroatoms. The van der Waals surface area contributed by atoms with Crippen LogP contribution in [0, 0.1) is 0 Å². The molecule has 26 heavy (non-hydrogen) atoms. The molecule has 0 aliphatic carbocycles. The number of halogens is 2. The topological polar surface area (TPSA) is 90.3 Å². The van der Waals surface area contributed by atoms with Crippen molar-refractivity contribution in [3.8, 4) is 0 Å². The second kappa shape index (κ2) is 7.90. The molecule has 1 unspecified atom stereocenters. The molecular formula is C17H24Cl2N6O. The van der Waals surface area contributed by atoms with Gasteiger partial charge in [-0.05, 0) is 25.7 Å². The van der Waals surface area contributed by atoms with Crippen LogP contribution in [0.15, 0.2) is 12.4 Å². The average molecular weight is 399 g/mol. The van der Waals surface area contributed by atoms with E-state index in [1.54, 1.807) is 12.4 Å². The lowest BCUT2D eigenvalue weighted by Gasteiger charge is -2.33. The highest BCUT2D eigenvalue weighted by Gasteiger charge is 2.25. The van der Waals surface area contributed by atoms with Gasteiger partial charge >= 0.3 is 6.03 Å². The van der Waals surface area contributed by atoms with Gasteiger partial charge in [-0.1, -0.05) is 11.6 Å². The summed E-state index contributed by atoms with van der Waals surface area (Å²) in [4.78, 5) is 24.1. The second-order valence-electron chi connectivity index (χ2n) is 6.85. The van der Waals surface area contributed by atoms with Gasteiger partial charge in [0.2, 0.25) is 0 Å². The number of H-pyrrole nitrogens is 1. The average Bonchev–Trinajstić information content (AvgIpc) is 3.25. The van der Waals surface area contributed by atoms with Crippen molar-refractivity contribution in [2.45, 2.75) is 31.7 Å². The molecule has 0 saturated carbocycles. The number of likely N-dealkylation sites (tertiary alicyclic amines) is 1. The molecule has 1 atom stereocenters. The first-order valence-electron chi connectivity index (χ1n) is 8.85. The van der Waals surface area contributed by atoms with Crippen molar-refractivity contribution in [1.82, 2.24) is 14.9 Å². The molecule has 4 heterocycles. The van der Waals surface area contributed by atoms with Crippen molar-refractivity contribution >= 4 is 52.4 Å². The number of amides is 2. The number of aromatic nitrogens is 2. The Kier molecular flexibility index (Phi) is 5.79. The molecule has 2 aromatic rings. The molecule has 0 bridgehead atoms. The lowest BCUT2D eigenvalue weighted by atomic mass is 10.1. The Labute approximate surface area is 163 Å². The largest absolute Gasteiger partial charge is 0.368 e. The minimum Gasteiger partial charge on any atom is -0.368 e. The van der Waals surface area contributed by atoms with Crippen LogP contribution in [0.4, 0.5) is 16.2 Å². The molecule has 2 aromatic heterocycles. The highest BCUT2D eigenvalue weighted by molar-refractivity contribution is 6.35. The van der Waals surface area contributed by atoms with Crippen LogP contribution in [-0.2, 0) is 0 Å². The number of rotatable bonds is 2. The standard InChI is InChI=1S/C17H23ClN6O.ClH/c18-12-8-20-16-14(15(12)24-7-3-4-11(19)10-24)13(9-21-16)22-17(25)23-5-1-2-6-23;/h8-9,11H,1-7,10,19H2,(H,20,21)(H,22,25);1H. The van der Waals surface area contributed by atoms with Crippen molar-refractivity contribution in [2.75, 3.05) is 36.4 Å². The van der Waals surface area contributed by atoms with Crippen LogP contribution < -0.4 is 16.0 Å². The summed E-state index contributed by atoms with van der Waals surface area (Å²) in [7, 11) is 0. The van der Waals surface area contributed by atoms with Gasteiger partial charge in [0.25, 0.3) is 0 Å². The van der Waals surface area contributed by atoms with E-state index in [1.807, 2.05) is 4.90 Å². The van der Waals surface area contributed by atoms with Gasteiger partial charge in [0.05, 0.1) is 28.0 Å². The SMILES string of the molecule is Cl.NC1CCCN(c2c(Cl)cnc3[nH]cc(NC(=O)N4CCCC4)c23)C1. The number of hydrogen-bond acceptors (Lipinski definition) is 4. The fourth-order valence-electron chi connectivity index (χ4n) is 3.79. The van der Waals surface area contributed by atoms with Crippen LogP contribution in [0.3, 0.4) is 0 Å². The Balaban J connectivity index is 0.00000196. The van der Waals surface area contributed by atoms with Crippen LogP contribution >= 0.6 is 24.0 Å². The fraction of sp³-hybridized carbons (Fsp3) is 0.529. The monoisotopic (exact) mass is 398 g/mol. The van der Waals surface area contributed by atoms with Gasteiger partial charge in [0.15, 0.2) is 0 Å². The van der Waals surface area contributed by atoms with E-state index >= 15 is 0 Å². The maximum atomic E-state index is 12.5. The number of carbonyl (C=O) groups is 1. The number of nitrogens with two attached hydrogens (primary N) is 1. The van der Waals surface area contributed by atoms with E-state index in [1.165, 1.54) is 0 Å². The third-order valence-electron chi connectivity index (χ3n) is 5.04. The number of anilines is 2. The Hall–Kier alpha value is -1.70. The number of urea groups is 1. The van der Waals surface area contributed by atoms with E-state index in [9.17, 15) is 4.79 Å². The molecule has 2 saturated heterocycles. The highest BCUT2D eigenvalue weighted by atomic mass is 35.5. The van der Waals surface area contributed by atoms with E-state index in [-0.39, 0.29) is 24.5 Å². The van der Waals surface area contributed by atoms with Crippen molar-refractivity contribution < 1.29 is 4.79 Å². The summed E-state index contributed by atoms with van der Waals surface area (Å²) in [5, 5.41) is 4.46. The van der Waals surface area contributed by atoms with Crippen molar-refractivity contribution in [3.05, 3.63) is 17.4 Å². The van der Waals surface area contributed by atoms with Crippen LogP contribution in [0.2, 0.25) is 5.02 Å². The third-order valence-corrected chi connectivity index (χ3v) is 5.31. The quantitative estimate of drug-likeness (QED) is 0.724. The van der Waals surface area contributed by atoms with E-state index in [0.717, 1.165) is 74.3 Å².